The summed E-state index contributed by atoms with van der Waals surface area (Å²) in [4.78, 5) is 24.4. The van der Waals surface area contributed by atoms with Gasteiger partial charge in [0.2, 0.25) is 0 Å². The second kappa shape index (κ2) is 5.55. The van der Waals surface area contributed by atoms with E-state index >= 15 is 0 Å². The number of methoxy groups -OCH3 is 1. The molecule has 4 nitrogen and oxygen atoms in total. The van der Waals surface area contributed by atoms with Gasteiger partial charge in [0.1, 0.15) is 5.75 Å². The molecule has 0 aliphatic heterocycles. The number of carbonyl (C=O) groups is 2. The highest BCUT2D eigenvalue weighted by molar-refractivity contribution is 8.13. The summed E-state index contributed by atoms with van der Waals surface area (Å²) in [7, 11) is 4.82. The molecular weight excluding hydrogens is 226 g/mol. The third kappa shape index (κ3) is 2.76. The number of amides is 1. The quantitative estimate of drug-likeness (QED) is 0.599. The molecule has 0 saturated heterocycles. The van der Waals surface area contributed by atoms with Crippen molar-refractivity contribution in [1.82, 2.24) is 4.90 Å². The van der Waals surface area contributed by atoms with Gasteiger partial charge >= 0.3 is 0 Å². The summed E-state index contributed by atoms with van der Waals surface area (Å²) >= 11 is 0.985. The number of hydrogen-bond acceptors (Lipinski definition) is 4. The lowest BCUT2D eigenvalue weighted by molar-refractivity contribution is 0.112. The fourth-order valence-corrected chi connectivity index (χ4v) is 1.92. The number of benzene rings is 1. The van der Waals surface area contributed by atoms with E-state index in [1.54, 1.807) is 32.3 Å². The summed E-state index contributed by atoms with van der Waals surface area (Å²) in [6.07, 6.45) is 0.716. The molecule has 16 heavy (non-hydrogen) atoms. The van der Waals surface area contributed by atoms with Gasteiger partial charge in [-0.2, -0.15) is 0 Å². The van der Waals surface area contributed by atoms with Gasteiger partial charge in [-0.25, -0.2) is 0 Å². The monoisotopic (exact) mass is 239 g/mol. The van der Waals surface area contributed by atoms with Gasteiger partial charge in [-0.05, 0) is 17.8 Å². The summed E-state index contributed by atoms with van der Waals surface area (Å²) in [6.45, 7) is 0. The Balaban J connectivity index is 3.09. The molecule has 0 N–H and O–H groups in total. The van der Waals surface area contributed by atoms with E-state index in [1.807, 2.05) is 0 Å². The average Bonchev–Trinajstić information content (AvgIpc) is 2.29. The van der Waals surface area contributed by atoms with Gasteiger partial charge in [0, 0.05) is 19.7 Å². The Morgan fingerprint density at radius 1 is 1.44 bits per heavy atom. The summed E-state index contributed by atoms with van der Waals surface area (Å²) in [5.74, 6) is 0.532. The fourth-order valence-electron chi connectivity index (χ4n) is 1.07. The van der Waals surface area contributed by atoms with Crippen LogP contribution in [0.5, 0.6) is 5.75 Å². The Labute approximate surface area is 98.6 Å². The van der Waals surface area contributed by atoms with Gasteiger partial charge < -0.3 is 9.64 Å². The number of ether oxygens (including phenoxy) is 1. The second-order valence-electron chi connectivity index (χ2n) is 3.26. The third-order valence-electron chi connectivity index (χ3n) is 1.91. The topological polar surface area (TPSA) is 46.6 Å². The van der Waals surface area contributed by atoms with Gasteiger partial charge in [0.05, 0.1) is 12.0 Å². The molecule has 0 aromatic heterocycles. The van der Waals surface area contributed by atoms with Crippen LogP contribution in [0.2, 0.25) is 0 Å². The summed E-state index contributed by atoms with van der Waals surface area (Å²) in [6, 6.07) is 5.09. The number of aldehydes is 1. The highest BCUT2D eigenvalue weighted by atomic mass is 32.2. The molecule has 0 unspecified atom stereocenters. The Morgan fingerprint density at radius 2 is 2.12 bits per heavy atom. The van der Waals surface area contributed by atoms with Gasteiger partial charge in [-0.15, -0.1) is 0 Å². The van der Waals surface area contributed by atoms with Gasteiger partial charge in [-0.3, -0.25) is 9.59 Å². The molecule has 0 heterocycles. The largest absolute Gasteiger partial charge is 0.496 e. The van der Waals surface area contributed by atoms with Crippen LogP contribution in [0.1, 0.15) is 10.4 Å². The summed E-state index contributed by atoms with van der Waals surface area (Å²) in [5, 5.41) is -0.146. The average molecular weight is 239 g/mol. The summed E-state index contributed by atoms with van der Waals surface area (Å²) in [5.41, 5.74) is 0.458. The summed E-state index contributed by atoms with van der Waals surface area (Å²) < 4.78 is 5.12. The molecule has 1 aromatic rings. The van der Waals surface area contributed by atoms with Crippen LogP contribution in [0.25, 0.3) is 0 Å². The first kappa shape index (κ1) is 12.6. The fraction of sp³-hybridized carbons (Fsp3) is 0.273. The van der Waals surface area contributed by atoms with Gasteiger partial charge in [-0.1, -0.05) is 12.1 Å². The van der Waals surface area contributed by atoms with Crippen molar-refractivity contribution in [3.8, 4) is 5.75 Å². The highest BCUT2D eigenvalue weighted by Crippen LogP contribution is 2.33. The number of thioether (sulfide) groups is 1. The zero-order chi connectivity index (χ0) is 12.1. The minimum atomic E-state index is -0.146. The molecule has 0 aliphatic carbocycles. The Kier molecular flexibility index (Phi) is 4.37. The van der Waals surface area contributed by atoms with E-state index in [0.29, 0.717) is 22.5 Å². The molecule has 0 aliphatic rings. The standard InChI is InChI=1S/C11H13NO3S/c1-12(2)11(14)16-10-8(7-13)5-4-6-9(10)15-3/h4-7H,1-3H3. The predicted octanol–water partition coefficient (Wildman–Crippen LogP) is 2.28. The minimum absolute atomic E-state index is 0.146. The van der Waals surface area contributed by atoms with Crippen molar-refractivity contribution in [2.45, 2.75) is 4.90 Å². The van der Waals surface area contributed by atoms with Crippen molar-refractivity contribution < 1.29 is 14.3 Å². The Bertz CT molecular complexity index is 404. The van der Waals surface area contributed by atoms with Crippen molar-refractivity contribution in [3.05, 3.63) is 23.8 Å². The molecule has 0 atom stereocenters. The van der Waals surface area contributed by atoms with Gasteiger partial charge in [0.15, 0.2) is 6.29 Å². The van der Waals surface area contributed by atoms with Crippen LogP contribution in [0.3, 0.4) is 0 Å². The molecule has 1 aromatic carbocycles. The van der Waals surface area contributed by atoms with Crippen molar-refractivity contribution in [2.75, 3.05) is 21.2 Å². The molecule has 86 valence electrons. The molecule has 0 fully saturated rings. The normalized spacial score (nSPS) is 9.69. The van der Waals surface area contributed by atoms with E-state index in [1.165, 1.54) is 12.0 Å². The van der Waals surface area contributed by atoms with Crippen molar-refractivity contribution in [1.29, 1.82) is 0 Å². The molecule has 0 radical (unpaired) electrons. The molecule has 5 heteroatoms. The van der Waals surface area contributed by atoms with Crippen molar-refractivity contribution in [2.24, 2.45) is 0 Å². The first-order valence-electron chi connectivity index (χ1n) is 4.61. The number of carbonyl (C=O) groups excluding carboxylic acids is 2. The van der Waals surface area contributed by atoms with E-state index in [-0.39, 0.29) is 5.24 Å². The van der Waals surface area contributed by atoms with Crippen LogP contribution >= 0.6 is 11.8 Å². The molecule has 0 saturated carbocycles. The van der Waals surface area contributed by atoms with Crippen molar-refractivity contribution >= 4 is 23.3 Å². The molecular formula is C11H13NO3S. The van der Waals surface area contributed by atoms with Crippen LogP contribution in [-0.4, -0.2) is 37.6 Å². The Hall–Kier alpha value is -1.49. The first-order chi connectivity index (χ1) is 7.60. The highest BCUT2D eigenvalue weighted by Gasteiger charge is 2.15. The molecule has 1 rings (SSSR count). The lowest BCUT2D eigenvalue weighted by atomic mass is 10.2. The predicted molar refractivity (Wildman–Crippen MR) is 63.3 cm³/mol. The first-order valence-corrected chi connectivity index (χ1v) is 5.43. The number of nitrogens with zero attached hydrogens (tertiary/aromatic N) is 1. The van der Waals surface area contributed by atoms with E-state index in [0.717, 1.165) is 11.8 Å². The van der Waals surface area contributed by atoms with E-state index < -0.39 is 0 Å². The maximum Gasteiger partial charge on any atom is 0.286 e. The minimum Gasteiger partial charge on any atom is -0.496 e. The number of rotatable bonds is 3. The maximum absolute atomic E-state index is 11.6. The van der Waals surface area contributed by atoms with Crippen LogP contribution in [0.4, 0.5) is 4.79 Å². The third-order valence-corrected chi connectivity index (χ3v) is 3.09. The lowest BCUT2D eigenvalue weighted by Gasteiger charge is -2.12. The van der Waals surface area contributed by atoms with Crippen molar-refractivity contribution in [3.63, 3.8) is 0 Å². The molecule has 1 amide bonds. The SMILES string of the molecule is COc1cccc(C=O)c1SC(=O)N(C)C. The zero-order valence-corrected chi connectivity index (χ0v) is 10.2. The Morgan fingerprint density at radius 3 is 2.62 bits per heavy atom. The second-order valence-corrected chi connectivity index (χ2v) is 4.22. The maximum atomic E-state index is 11.6. The van der Waals surface area contributed by atoms with Crippen LogP contribution in [-0.2, 0) is 0 Å². The smallest absolute Gasteiger partial charge is 0.286 e. The molecule has 0 bridgehead atoms. The van der Waals surface area contributed by atoms with E-state index in [2.05, 4.69) is 0 Å². The van der Waals surface area contributed by atoms with Crippen LogP contribution in [0.15, 0.2) is 23.1 Å². The lowest BCUT2D eigenvalue weighted by Crippen LogP contribution is -2.16. The van der Waals surface area contributed by atoms with E-state index in [4.69, 9.17) is 4.74 Å². The number of hydrogen-bond donors (Lipinski definition) is 0. The van der Waals surface area contributed by atoms with Crippen LogP contribution < -0.4 is 4.74 Å². The zero-order valence-electron chi connectivity index (χ0n) is 9.39. The molecule has 0 spiro atoms. The van der Waals surface area contributed by atoms with Crippen LogP contribution in [0, 0.1) is 0 Å². The van der Waals surface area contributed by atoms with E-state index in [9.17, 15) is 9.59 Å². The van der Waals surface area contributed by atoms with Gasteiger partial charge in [0.25, 0.3) is 5.24 Å².